The van der Waals surface area contributed by atoms with Gasteiger partial charge in [-0.2, -0.15) is 0 Å². The lowest BCUT2D eigenvalue weighted by Gasteiger charge is -2.16. The Hall–Kier alpha value is -3.11. The van der Waals surface area contributed by atoms with E-state index in [1.165, 1.54) is 23.9 Å². The van der Waals surface area contributed by atoms with Gasteiger partial charge in [0.15, 0.2) is 22.5 Å². The van der Waals surface area contributed by atoms with Crippen molar-refractivity contribution in [3.8, 4) is 22.9 Å². The van der Waals surface area contributed by atoms with E-state index in [2.05, 4.69) is 15.5 Å². The quantitative estimate of drug-likeness (QED) is 0.487. The predicted octanol–water partition coefficient (Wildman–Crippen LogP) is 3.79. The summed E-state index contributed by atoms with van der Waals surface area (Å²) >= 11 is 1.34. The molecule has 3 heterocycles. The van der Waals surface area contributed by atoms with E-state index in [4.69, 9.17) is 14.2 Å². The van der Waals surface area contributed by atoms with E-state index in [0.29, 0.717) is 35.6 Å². The van der Waals surface area contributed by atoms with E-state index in [-0.39, 0.29) is 24.6 Å². The molecule has 1 fully saturated rings. The van der Waals surface area contributed by atoms with Crippen LogP contribution in [-0.2, 0) is 22.6 Å². The summed E-state index contributed by atoms with van der Waals surface area (Å²) in [5.74, 6) is 1.60. The van der Waals surface area contributed by atoms with Gasteiger partial charge in [0.05, 0.1) is 17.9 Å². The number of thioether (sulfide) groups is 1. The van der Waals surface area contributed by atoms with Crippen LogP contribution < -0.4 is 14.8 Å². The molecule has 1 aromatic heterocycles. The molecule has 1 amide bonds. The van der Waals surface area contributed by atoms with Crippen LogP contribution in [0.5, 0.6) is 11.5 Å². The first-order chi connectivity index (χ1) is 16.6. The zero-order chi connectivity index (χ0) is 23.5. The highest BCUT2D eigenvalue weighted by Gasteiger charge is 2.25. The number of carbonyl (C=O) groups is 1. The van der Waals surface area contributed by atoms with Gasteiger partial charge < -0.3 is 19.5 Å². The molecule has 0 aliphatic carbocycles. The number of fused-ring (bicyclic) bond motifs is 1. The van der Waals surface area contributed by atoms with Crippen molar-refractivity contribution in [1.82, 2.24) is 20.1 Å². The Morgan fingerprint density at radius 1 is 1.21 bits per heavy atom. The fourth-order valence-electron chi connectivity index (χ4n) is 3.94. The number of amides is 1. The molecule has 1 saturated heterocycles. The predicted molar refractivity (Wildman–Crippen MR) is 124 cm³/mol. The molecule has 0 radical (unpaired) electrons. The van der Waals surface area contributed by atoms with Crippen LogP contribution in [0.3, 0.4) is 0 Å². The topological polar surface area (TPSA) is 87.5 Å². The number of carbonyl (C=O) groups excluding carboxylic acids is 1. The van der Waals surface area contributed by atoms with Gasteiger partial charge in [-0.25, -0.2) is 4.39 Å². The third kappa shape index (κ3) is 5.02. The second-order valence-corrected chi connectivity index (χ2v) is 9.53. The van der Waals surface area contributed by atoms with Gasteiger partial charge in [0, 0.05) is 18.7 Å². The number of hydrogen-bond acceptors (Lipinski definition) is 7. The van der Waals surface area contributed by atoms with Gasteiger partial charge in [-0.1, -0.05) is 17.8 Å². The molecule has 34 heavy (non-hydrogen) atoms. The smallest absolute Gasteiger partial charge is 0.233 e. The minimum Gasteiger partial charge on any atom is -0.454 e. The fourth-order valence-corrected chi connectivity index (χ4v) is 4.82. The standard InChI is InChI=1S/C24H25FN4O4S/c1-15(23(30)26-12-16-4-9-20-21(11-16)33-14-32-20)34-24-28-27-22(17-5-7-18(25)8-6-17)29(24)13-19-3-2-10-31-19/h4-9,11,15,19H,2-3,10,12-14H2,1H3,(H,26,30)/t15-,19-/m0/s1. The molecule has 1 N–H and O–H groups in total. The zero-order valence-corrected chi connectivity index (χ0v) is 19.5. The third-order valence-corrected chi connectivity index (χ3v) is 6.87. The number of rotatable bonds is 8. The molecule has 178 valence electrons. The van der Waals surface area contributed by atoms with Crippen molar-refractivity contribution >= 4 is 17.7 Å². The molecule has 2 atom stereocenters. The van der Waals surface area contributed by atoms with Crippen molar-refractivity contribution in [3.63, 3.8) is 0 Å². The fraction of sp³-hybridized carbons (Fsp3) is 0.375. The average Bonchev–Trinajstić information content (AvgIpc) is 3.60. The van der Waals surface area contributed by atoms with Gasteiger partial charge in [-0.15, -0.1) is 10.2 Å². The van der Waals surface area contributed by atoms with E-state index in [0.717, 1.165) is 30.6 Å². The van der Waals surface area contributed by atoms with Gasteiger partial charge in [-0.05, 0) is 61.7 Å². The number of nitrogens with one attached hydrogen (secondary N) is 1. The van der Waals surface area contributed by atoms with E-state index in [1.54, 1.807) is 12.1 Å². The normalized spacial score (nSPS) is 17.6. The SMILES string of the molecule is C[C@H](Sc1nnc(-c2ccc(F)cc2)n1C[C@@H]1CCCO1)C(=O)NCc1ccc2c(c1)OCO2. The molecule has 2 aliphatic heterocycles. The van der Waals surface area contributed by atoms with E-state index in [9.17, 15) is 9.18 Å². The van der Waals surface area contributed by atoms with Crippen LogP contribution in [0, 0.1) is 5.82 Å². The molecule has 0 bridgehead atoms. The van der Waals surface area contributed by atoms with E-state index >= 15 is 0 Å². The molecule has 3 aromatic rings. The molecular formula is C24H25FN4O4S. The second-order valence-electron chi connectivity index (χ2n) is 8.22. The summed E-state index contributed by atoms with van der Waals surface area (Å²) in [6.07, 6.45) is 2.03. The van der Waals surface area contributed by atoms with Crippen molar-refractivity contribution in [2.75, 3.05) is 13.4 Å². The van der Waals surface area contributed by atoms with Crippen molar-refractivity contribution < 1.29 is 23.4 Å². The lowest BCUT2D eigenvalue weighted by Crippen LogP contribution is -2.30. The van der Waals surface area contributed by atoms with E-state index in [1.807, 2.05) is 29.7 Å². The van der Waals surface area contributed by atoms with Gasteiger partial charge in [-0.3, -0.25) is 9.36 Å². The Bertz CT molecular complexity index is 1160. The molecule has 2 aliphatic rings. The maximum atomic E-state index is 13.4. The number of aromatic nitrogens is 3. The van der Waals surface area contributed by atoms with Crippen LogP contribution in [-0.4, -0.2) is 45.4 Å². The minimum atomic E-state index is -0.400. The maximum Gasteiger partial charge on any atom is 0.233 e. The number of halogens is 1. The number of hydrogen-bond donors (Lipinski definition) is 1. The number of benzene rings is 2. The molecule has 5 rings (SSSR count). The van der Waals surface area contributed by atoms with Crippen molar-refractivity contribution in [2.24, 2.45) is 0 Å². The van der Waals surface area contributed by atoms with Crippen LogP contribution in [0.1, 0.15) is 25.3 Å². The Labute approximate surface area is 200 Å². The Kier molecular flexibility index (Phi) is 6.68. The van der Waals surface area contributed by atoms with Crippen LogP contribution in [0.2, 0.25) is 0 Å². The largest absolute Gasteiger partial charge is 0.454 e. The van der Waals surface area contributed by atoms with Gasteiger partial charge >= 0.3 is 0 Å². The van der Waals surface area contributed by atoms with Crippen LogP contribution >= 0.6 is 11.8 Å². The molecular weight excluding hydrogens is 459 g/mol. The maximum absolute atomic E-state index is 13.4. The lowest BCUT2D eigenvalue weighted by molar-refractivity contribution is -0.120. The Morgan fingerprint density at radius 3 is 2.82 bits per heavy atom. The molecule has 2 aromatic carbocycles. The Morgan fingerprint density at radius 2 is 2.03 bits per heavy atom. The van der Waals surface area contributed by atoms with E-state index < -0.39 is 5.25 Å². The Balaban J connectivity index is 1.28. The minimum absolute atomic E-state index is 0.0599. The summed E-state index contributed by atoms with van der Waals surface area (Å²) in [5.41, 5.74) is 1.69. The first-order valence-electron chi connectivity index (χ1n) is 11.2. The summed E-state index contributed by atoms with van der Waals surface area (Å²) in [5, 5.41) is 11.9. The summed E-state index contributed by atoms with van der Waals surface area (Å²) in [6.45, 7) is 3.74. The van der Waals surface area contributed by atoms with Crippen molar-refractivity contribution in [3.05, 3.63) is 53.8 Å². The monoisotopic (exact) mass is 484 g/mol. The number of nitrogens with zero attached hydrogens (tertiary/aromatic N) is 3. The highest BCUT2D eigenvalue weighted by Crippen LogP contribution is 2.33. The van der Waals surface area contributed by atoms with Gasteiger partial charge in [0.1, 0.15) is 5.82 Å². The number of ether oxygens (including phenoxy) is 3. The lowest BCUT2D eigenvalue weighted by atomic mass is 10.2. The van der Waals surface area contributed by atoms with Gasteiger partial charge in [0.25, 0.3) is 0 Å². The summed E-state index contributed by atoms with van der Waals surface area (Å²) in [7, 11) is 0. The summed E-state index contributed by atoms with van der Waals surface area (Å²) in [6, 6.07) is 11.8. The van der Waals surface area contributed by atoms with Crippen LogP contribution in [0.25, 0.3) is 11.4 Å². The van der Waals surface area contributed by atoms with Crippen LogP contribution in [0.4, 0.5) is 4.39 Å². The van der Waals surface area contributed by atoms with Crippen molar-refractivity contribution in [1.29, 1.82) is 0 Å². The first-order valence-corrected chi connectivity index (χ1v) is 12.1. The highest BCUT2D eigenvalue weighted by atomic mass is 32.2. The highest BCUT2D eigenvalue weighted by molar-refractivity contribution is 8.00. The van der Waals surface area contributed by atoms with Crippen LogP contribution in [0.15, 0.2) is 47.6 Å². The molecule has 0 spiro atoms. The second kappa shape index (κ2) is 10.0. The first kappa shape index (κ1) is 22.7. The molecule has 0 saturated carbocycles. The molecule has 10 heteroatoms. The third-order valence-electron chi connectivity index (χ3n) is 5.78. The average molecular weight is 485 g/mol. The van der Waals surface area contributed by atoms with Crippen molar-refractivity contribution in [2.45, 2.75) is 49.4 Å². The summed E-state index contributed by atoms with van der Waals surface area (Å²) in [4.78, 5) is 12.8. The summed E-state index contributed by atoms with van der Waals surface area (Å²) < 4.78 is 31.9. The molecule has 0 unspecified atom stereocenters. The molecule has 8 nitrogen and oxygen atoms in total. The van der Waals surface area contributed by atoms with Gasteiger partial charge in [0.2, 0.25) is 12.7 Å². The zero-order valence-electron chi connectivity index (χ0n) is 18.7.